The summed E-state index contributed by atoms with van der Waals surface area (Å²) in [6.07, 6.45) is 0.797. The Morgan fingerprint density at radius 1 is 1.26 bits per heavy atom. The highest BCUT2D eigenvalue weighted by Gasteiger charge is 2.04. The van der Waals surface area contributed by atoms with E-state index in [2.05, 4.69) is 17.4 Å². The normalized spacial score (nSPS) is 10.7. The molecule has 1 rings (SSSR count). The van der Waals surface area contributed by atoms with Crippen LogP contribution in [0.25, 0.3) is 0 Å². The number of ether oxygens (including phenoxy) is 2. The summed E-state index contributed by atoms with van der Waals surface area (Å²) in [5, 5.41) is 3.33. The summed E-state index contributed by atoms with van der Waals surface area (Å²) in [4.78, 5) is 11.2. The van der Waals surface area contributed by atoms with Crippen LogP contribution in [0.4, 0.5) is 0 Å². The van der Waals surface area contributed by atoms with Crippen molar-refractivity contribution in [2.45, 2.75) is 32.9 Å². The Morgan fingerprint density at radius 3 is 2.68 bits per heavy atom. The molecule has 0 heterocycles. The molecule has 0 unspecified atom stereocenters. The van der Waals surface area contributed by atoms with Gasteiger partial charge in [-0.25, -0.2) is 4.79 Å². The third kappa shape index (κ3) is 8.35. The molecule has 1 N–H and O–H groups in total. The average Bonchev–Trinajstić information content (AvgIpc) is 2.38. The van der Waals surface area contributed by atoms with Gasteiger partial charge in [0.25, 0.3) is 0 Å². The molecule has 0 spiro atoms. The van der Waals surface area contributed by atoms with Crippen molar-refractivity contribution in [1.82, 2.24) is 5.32 Å². The van der Waals surface area contributed by atoms with E-state index in [1.807, 2.05) is 32.0 Å². The van der Waals surface area contributed by atoms with Crippen LogP contribution in [0.2, 0.25) is 0 Å². The summed E-state index contributed by atoms with van der Waals surface area (Å²) in [7, 11) is 0. The fraction of sp³-hybridized carbons (Fsp3) is 0.533. The zero-order valence-corrected chi connectivity index (χ0v) is 11.7. The van der Waals surface area contributed by atoms with Gasteiger partial charge in [0.2, 0.25) is 0 Å². The van der Waals surface area contributed by atoms with Crippen molar-refractivity contribution in [3.05, 3.63) is 35.9 Å². The first kappa shape index (κ1) is 15.7. The highest BCUT2D eigenvalue weighted by Crippen LogP contribution is 1.97. The quantitative estimate of drug-likeness (QED) is 0.549. The fourth-order valence-electron chi connectivity index (χ4n) is 1.58. The lowest BCUT2D eigenvalue weighted by Gasteiger charge is -2.08. The monoisotopic (exact) mass is 265 g/mol. The van der Waals surface area contributed by atoms with Gasteiger partial charge in [0.1, 0.15) is 6.61 Å². The van der Waals surface area contributed by atoms with E-state index in [-0.39, 0.29) is 18.7 Å². The van der Waals surface area contributed by atoms with Crippen molar-refractivity contribution < 1.29 is 14.3 Å². The predicted octanol–water partition coefficient (Wildman–Crippen LogP) is 2.13. The van der Waals surface area contributed by atoms with Crippen LogP contribution in [0.1, 0.15) is 25.8 Å². The minimum atomic E-state index is -0.299. The molecule has 0 saturated carbocycles. The minimum absolute atomic E-state index is 0.0386. The number of benzene rings is 1. The van der Waals surface area contributed by atoms with Crippen molar-refractivity contribution in [2.75, 3.05) is 19.8 Å². The first-order chi connectivity index (χ1) is 9.18. The largest absolute Gasteiger partial charge is 0.461 e. The average molecular weight is 265 g/mol. The van der Waals surface area contributed by atoms with Gasteiger partial charge in [-0.2, -0.15) is 0 Å². The number of hydrogen-bond acceptors (Lipinski definition) is 4. The second-order valence-electron chi connectivity index (χ2n) is 4.61. The number of carbonyl (C=O) groups is 1. The van der Waals surface area contributed by atoms with Gasteiger partial charge < -0.3 is 14.8 Å². The van der Waals surface area contributed by atoms with Crippen LogP contribution in [-0.4, -0.2) is 31.8 Å². The predicted molar refractivity (Wildman–Crippen MR) is 74.8 cm³/mol. The Morgan fingerprint density at radius 2 is 2.00 bits per heavy atom. The molecule has 1 aromatic carbocycles. The number of rotatable bonds is 9. The first-order valence-electron chi connectivity index (χ1n) is 6.70. The number of esters is 1. The number of hydrogen-bond donors (Lipinski definition) is 1. The van der Waals surface area contributed by atoms with E-state index in [1.54, 1.807) is 0 Å². The third-order valence-corrected chi connectivity index (χ3v) is 2.40. The van der Waals surface area contributed by atoms with Gasteiger partial charge in [0.05, 0.1) is 6.10 Å². The maximum atomic E-state index is 11.2. The van der Waals surface area contributed by atoms with Gasteiger partial charge in [0, 0.05) is 13.2 Å². The first-order valence-corrected chi connectivity index (χ1v) is 6.70. The highest BCUT2D eigenvalue weighted by molar-refractivity contribution is 5.70. The van der Waals surface area contributed by atoms with E-state index in [9.17, 15) is 4.79 Å². The maximum Gasteiger partial charge on any atom is 0.332 e. The molecule has 0 aliphatic rings. The molecule has 0 aromatic heterocycles. The van der Waals surface area contributed by atoms with Crippen LogP contribution < -0.4 is 5.32 Å². The lowest BCUT2D eigenvalue weighted by molar-refractivity contribution is -0.152. The lowest BCUT2D eigenvalue weighted by Crippen LogP contribution is -2.19. The molecule has 0 amide bonds. The van der Waals surface area contributed by atoms with Crippen molar-refractivity contribution in [1.29, 1.82) is 0 Å². The molecular formula is C15H23NO3. The van der Waals surface area contributed by atoms with Gasteiger partial charge in [-0.1, -0.05) is 30.3 Å². The Balaban J connectivity index is 1.93. The fourth-order valence-corrected chi connectivity index (χ4v) is 1.58. The molecule has 0 fully saturated rings. The maximum absolute atomic E-state index is 11.2. The summed E-state index contributed by atoms with van der Waals surface area (Å²) >= 11 is 0. The third-order valence-electron chi connectivity index (χ3n) is 2.40. The Labute approximate surface area is 115 Å². The molecule has 106 valence electrons. The van der Waals surface area contributed by atoms with Crippen molar-refractivity contribution in [3.8, 4) is 0 Å². The minimum Gasteiger partial charge on any atom is -0.461 e. The molecule has 0 aliphatic carbocycles. The van der Waals surface area contributed by atoms with Crippen molar-refractivity contribution >= 4 is 5.97 Å². The Hall–Kier alpha value is -1.39. The van der Waals surface area contributed by atoms with Crippen molar-refractivity contribution in [2.24, 2.45) is 0 Å². The van der Waals surface area contributed by atoms with E-state index in [0.29, 0.717) is 6.61 Å². The molecule has 1 aromatic rings. The smallest absolute Gasteiger partial charge is 0.332 e. The molecule has 19 heavy (non-hydrogen) atoms. The molecule has 0 radical (unpaired) electrons. The van der Waals surface area contributed by atoms with E-state index < -0.39 is 0 Å². The van der Waals surface area contributed by atoms with Crippen LogP contribution in [0.5, 0.6) is 0 Å². The molecule has 0 aliphatic heterocycles. The number of nitrogens with one attached hydrogen (secondary N) is 1. The molecular weight excluding hydrogens is 242 g/mol. The van der Waals surface area contributed by atoms with Gasteiger partial charge in [-0.05, 0) is 32.4 Å². The topological polar surface area (TPSA) is 47.6 Å². The van der Waals surface area contributed by atoms with Crippen LogP contribution in [0.15, 0.2) is 30.3 Å². The summed E-state index contributed by atoms with van der Waals surface area (Å²) in [6, 6.07) is 10.2. The molecule has 0 atom stereocenters. The highest BCUT2D eigenvalue weighted by atomic mass is 16.6. The van der Waals surface area contributed by atoms with Gasteiger partial charge in [0.15, 0.2) is 0 Å². The lowest BCUT2D eigenvalue weighted by atomic mass is 10.2. The second-order valence-corrected chi connectivity index (χ2v) is 4.61. The molecule has 4 heteroatoms. The van der Waals surface area contributed by atoms with Crippen LogP contribution in [-0.2, 0) is 20.8 Å². The SMILES string of the molecule is CC(C)OC(=O)COCCCNCc1ccccc1. The molecule has 0 bridgehead atoms. The van der Waals surface area contributed by atoms with Gasteiger partial charge in [-0.15, -0.1) is 0 Å². The van der Waals surface area contributed by atoms with Crippen molar-refractivity contribution in [3.63, 3.8) is 0 Å². The Bertz CT molecular complexity index is 352. The summed E-state index contributed by atoms with van der Waals surface area (Å²) < 4.78 is 10.2. The van der Waals surface area contributed by atoms with E-state index in [0.717, 1.165) is 19.5 Å². The zero-order valence-electron chi connectivity index (χ0n) is 11.7. The standard InChI is InChI=1S/C15H23NO3/c1-13(2)19-15(17)12-18-10-6-9-16-11-14-7-4-3-5-8-14/h3-5,7-8,13,16H,6,9-12H2,1-2H3. The Kier molecular flexibility index (Phi) is 7.86. The zero-order chi connectivity index (χ0) is 13.9. The van der Waals surface area contributed by atoms with E-state index in [1.165, 1.54) is 5.56 Å². The second kappa shape index (κ2) is 9.53. The summed E-state index contributed by atoms with van der Waals surface area (Å²) in [6.45, 7) is 5.98. The summed E-state index contributed by atoms with van der Waals surface area (Å²) in [5.41, 5.74) is 1.27. The number of carbonyl (C=O) groups excluding carboxylic acids is 1. The molecule has 4 nitrogen and oxygen atoms in total. The molecule has 0 saturated heterocycles. The van der Waals surface area contributed by atoms with E-state index >= 15 is 0 Å². The van der Waals surface area contributed by atoms with Gasteiger partial charge >= 0.3 is 5.97 Å². The van der Waals surface area contributed by atoms with Crippen LogP contribution in [0, 0.1) is 0 Å². The van der Waals surface area contributed by atoms with E-state index in [4.69, 9.17) is 9.47 Å². The van der Waals surface area contributed by atoms with Crippen LogP contribution in [0.3, 0.4) is 0 Å². The van der Waals surface area contributed by atoms with Crippen LogP contribution >= 0.6 is 0 Å². The van der Waals surface area contributed by atoms with Gasteiger partial charge in [-0.3, -0.25) is 0 Å². The summed E-state index contributed by atoms with van der Waals surface area (Å²) in [5.74, 6) is -0.299.